The lowest BCUT2D eigenvalue weighted by Gasteiger charge is -2.05. The third kappa shape index (κ3) is 2.46. The van der Waals surface area contributed by atoms with Gasteiger partial charge in [0.05, 0.1) is 17.4 Å². The summed E-state index contributed by atoms with van der Waals surface area (Å²) in [6.07, 6.45) is 3.48. The van der Waals surface area contributed by atoms with Gasteiger partial charge in [0.15, 0.2) is 6.61 Å². The molecule has 0 atom stereocenters. The summed E-state index contributed by atoms with van der Waals surface area (Å²) in [5.74, 6) is 1.46. The van der Waals surface area contributed by atoms with Gasteiger partial charge in [-0.1, -0.05) is 17.3 Å². The van der Waals surface area contributed by atoms with Gasteiger partial charge in [0.1, 0.15) is 5.75 Å². The summed E-state index contributed by atoms with van der Waals surface area (Å²) in [5.41, 5.74) is 7.14. The molecule has 0 aliphatic heterocycles. The number of nitrogens with two attached hydrogens (primary N) is 1. The number of ether oxygens (including phenoxy) is 1. The molecule has 0 bridgehead atoms. The highest BCUT2D eigenvalue weighted by Gasteiger charge is 2.11. The van der Waals surface area contributed by atoms with Gasteiger partial charge in [0.2, 0.25) is 5.82 Å². The maximum atomic E-state index is 5.78. The van der Waals surface area contributed by atoms with Crippen LogP contribution in [0.25, 0.3) is 11.4 Å². The Morgan fingerprint density at radius 1 is 1.35 bits per heavy atom. The zero-order valence-corrected chi connectivity index (χ0v) is 10.9. The first-order valence-corrected chi connectivity index (χ1v) is 6.01. The normalized spacial score (nSPS) is 10.7. The van der Waals surface area contributed by atoms with Crippen molar-refractivity contribution in [3.8, 4) is 17.1 Å². The van der Waals surface area contributed by atoms with Crippen molar-refractivity contribution in [2.75, 3.05) is 5.73 Å². The van der Waals surface area contributed by atoms with Crippen LogP contribution in [0.5, 0.6) is 5.75 Å². The number of aryl methyl sites for hydroxylation is 1. The topological polar surface area (TPSA) is 92.0 Å². The highest BCUT2D eigenvalue weighted by molar-refractivity contribution is 5.52. The minimum atomic E-state index is 0.168. The average molecular weight is 271 g/mol. The van der Waals surface area contributed by atoms with Gasteiger partial charge in [-0.3, -0.25) is 4.68 Å². The van der Waals surface area contributed by atoms with Crippen molar-refractivity contribution < 1.29 is 9.26 Å². The molecule has 0 aliphatic carbocycles. The molecule has 0 saturated carbocycles. The van der Waals surface area contributed by atoms with Gasteiger partial charge in [0, 0.05) is 13.2 Å². The van der Waals surface area contributed by atoms with E-state index in [4.69, 9.17) is 15.0 Å². The minimum absolute atomic E-state index is 0.168. The summed E-state index contributed by atoms with van der Waals surface area (Å²) in [7, 11) is 1.83. The second-order valence-corrected chi connectivity index (χ2v) is 4.24. The van der Waals surface area contributed by atoms with E-state index in [1.54, 1.807) is 23.0 Å². The van der Waals surface area contributed by atoms with Crippen molar-refractivity contribution in [2.45, 2.75) is 6.61 Å². The number of nitrogens with zero attached hydrogens (tertiary/aromatic N) is 4. The third-order valence-corrected chi connectivity index (χ3v) is 2.70. The van der Waals surface area contributed by atoms with E-state index in [9.17, 15) is 0 Å². The van der Waals surface area contributed by atoms with Crippen LogP contribution in [0.1, 0.15) is 5.89 Å². The van der Waals surface area contributed by atoms with Gasteiger partial charge < -0.3 is 15.0 Å². The van der Waals surface area contributed by atoms with Gasteiger partial charge >= 0.3 is 0 Å². The molecular weight excluding hydrogens is 258 g/mol. The van der Waals surface area contributed by atoms with Crippen LogP contribution in [0, 0.1) is 0 Å². The summed E-state index contributed by atoms with van der Waals surface area (Å²) in [4.78, 5) is 4.24. The average Bonchev–Trinajstić information content (AvgIpc) is 3.06. The molecule has 0 amide bonds. The fourth-order valence-electron chi connectivity index (χ4n) is 1.72. The van der Waals surface area contributed by atoms with Gasteiger partial charge in [-0.15, -0.1) is 0 Å². The highest BCUT2D eigenvalue weighted by Crippen LogP contribution is 2.21. The molecule has 7 nitrogen and oxygen atoms in total. The Labute approximate surface area is 115 Å². The minimum Gasteiger partial charge on any atom is -0.482 e. The molecular formula is C13H13N5O2. The predicted octanol–water partition coefficient (Wildman–Crippen LogP) is 1.63. The van der Waals surface area contributed by atoms with Gasteiger partial charge in [-0.05, 0) is 12.1 Å². The first-order valence-electron chi connectivity index (χ1n) is 6.01. The number of nitrogen functional groups attached to an aromatic ring is 1. The van der Waals surface area contributed by atoms with Crippen molar-refractivity contribution in [2.24, 2.45) is 7.05 Å². The molecule has 0 saturated heterocycles. The Hall–Kier alpha value is -2.83. The lowest BCUT2D eigenvalue weighted by molar-refractivity contribution is 0.244. The molecule has 3 rings (SSSR count). The predicted molar refractivity (Wildman–Crippen MR) is 71.7 cm³/mol. The van der Waals surface area contributed by atoms with Crippen molar-refractivity contribution in [1.82, 2.24) is 19.9 Å². The molecule has 0 fully saturated rings. The number of benzene rings is 1. The Bertz CT molecular complexity index is 719. The summed E-state index contributed by atoms with van der Waals surface area (Å²) < 4.78 is 12.3. The van der Waals surface area contributed by atoms with Crippen LogP contribution in [0.3, 0.4) is 0 Å². The SMILES string of the molecule is Cn1cc(-c2noc(COc3ccccc3N)n2)cn1. The standard InChI is InChI=1S/C13H13N5O2/c1-18-7-9(6-15-18)13-16-12(20-17-13)8-19-11-5-3-2-4-10(11)14/h2-7H,8,14H2,1H3. The van der Waals surface area contributed by atoms with E-state index in [0.717, 1.165) is 5.56 Å². The molecule has 0 aliphatic rings. The molecule has 0 unspecified atom stereocenters. The van der Waals surface area contributed by atoms with Crippen molar-refractivity contribution in [3.05, 3.63) is 42.5 Å². The van der Waals surface area contributed by atoms with E-state index in [1.165, 1.54) is 0 Å². The second kappa shape index (κ2) is 5.04. The Morgan fingerprint density at radius 3 is 2.95 bits per heavy atom. The molecule has 0 spiro atoms. The Balaban J connectivity index is 1.70. The molecule has 2 N–H and O–H groups in total. The van der Waals surface area contributed by atoms with Crippen LogP contribution in [0.15, 0.2) is 41.2 Å². The van der Waals surface area contributed by atoms with Crippen LogP contribution in [-0.2, 0) is 13.7 Å². The summed E-state index contributed by atoms with van der Waals surface area (Å²) in [6, 6.07) is 7.24. The largest absolute Gasteiger partial charge is 0.482 e. The third-order valence-electron chi connectivity index (χ3n) is 2.70. The first kappa shape index (κ1) is 12.2. The van der Waals surface area contributed by atoms with Crippen LogP contribution in [-0.4, -0.2) is 19.9 Å². The van der Waals surface area contributed by atoms with E-state index >= 15 is 0 Å². The van der Waals surface area contributed by atoms with E-state index in [-0.39, 0.29) is 6.61 Å². The van der Waals surface area contributed by atoms with Crippen molar-refractivity contribution >= 4 is 5.69 Å². The molecule has 20 heavy (non-hydrogen) atoms. The van der Waals surface area contributed by atoms with Crippen LogP contribution in [0.2, 0.25) is 0 Å². The molecule has 7 heteroatoms. The number of aromatic nitrogens is 4. The quantitative estimate of drug-likeness (QED) is 0.725. The van der Waals surface area contributed by atoms with Crippen molar-refractivity contribution in [3.63, 3.8) is 0 Å². The van der Waals surface area contributed by atoms with Gasteiger partial charge in [0.25, 0.3) is 5.89 Å². The Morgan fingerprint density at radius 2 is 2.20 bits per heavy atom. The smallest absolute Gasteiger partial charge is 0.264 e. The molecule has 0 radical (unpaired) electrons. The van der Waals surface area contributed by atoms with Crippen molar-refractivity contribution in [1.29, 1.82) is 0 Å². The first-order chi connectivity index (χ1) is 9.72. The number of anilines is 1. The van der Waals surface area contributed by atoms with Gasteiger partial charge in [-0.2, -0.15) is 10.1 Å². The van der Waals surface area contributed by atoms with E-state index in [1.807, 2.05) is 25.4 Å². The molecule has 2 aromatic heterocycles. The van der Waals surface area contributed by atoms with Crippen LogP contribution < -0.4 is 10.5 Å². The van der Waals surface area contributed by atoms with Crippen LogP contribution >= 0.6 is 0 Å². The summed E-state index contributed by atoms with van der Waals surface area (Å²) >= 11 is 0. The number of hydrogen-bond acceptors (Lipinski definition) is 6. The molecule has 2 heterocycles. The molecule has 3 aromatic rings. The maximum absolute atomic E-state index is 5.78. The number of hydrogen-bond donors (Lipinski definition) is 1. The fraction of sp³-hybridized carbons (Fsp3) is 0.154. The zero-order chi connectivity index (χ0) is 13.9. The van der Waals surface area contributed by atoms with Gasteiger partial charge in [-0.25, -0.2) is 0 Å². The zero-order valence-electron chi connectivity index (χ0n) is 10.9. The maximum Gasteiger partial charge on any atom is 0.264 e. The summed E-state index contributed by atoms with van der Waals surface area (Å²) in [5, 5.41) is 7.94. The number of para-hydroxylation sites is 2. The second-order valence-electron chi connectivity index (χ2n) is 4.24. The highest BCUT2D eigenvalue weighted by atomic mass is 16.5. The molecule has 102 valence electrons. The van der Waals surface area contributed by atoms with E-state index in [2.05, 4.69) is 15.2 Å². The monoisotopic (exact) mass is 271 g/mol. The lowest BCUT2D eigenvalue weighted by atomic mass is 10.3. The van der Waals surface area contributed by atoms with E-state index in [0.29, 0.717) is 23.2 Å². The van der Waals surface area contributed by atoms with E-state index < -0.39 is 0 Å². The lowest BCUT2D eigenvalue weighted by Crippen LogP contribution is -1.98. The fourth-order valence-corrected chi connectivity index (χ4v) is 1.72. The number of rotatable bonds is 4. The van der Waals surface area contributed by atoms with Crippen LogP contribution in [0.4, 0.5) is 5.69 Å². The molecule has 1 aromatic carbocycles. The Kier molecular flexibility index (Phi) is 3.08. The summed E-state index contributed by atoms with van der Waals surface area (Å²) in [6.45, 7) is 0.168.